The van der Waals surface area contributed by atoms with E-state index < -0.39 is 26.2 Å². The van der Waals surface area contributed by atoms with Gasteiger partial charge in [-0.05, 0) is 63.7 Å². The van der Waals surface area contributed by atoms with Gasteiger partial charge in [0, 0.05) is 29.1 Å². The van der Waals surface area contributed by atoms with Crippen LogP contribution < -0.4 is 5.19 Å². The summed E-state index contributed by atoms with van der Waals surface area (Å²) in [5.41, 5.74) is 7.70. The van der Waals surface area contributed by atoms with Crippen molar-refractivity contribution in [1.82, 2.24) is 19.9 Å². The van der Waals surface area contributed by atoms with Gasteiger partial charge >= 0.3 is 0 Å². The fraction of sp³-hybridized carbons (Fsp3) is 0.0732. The van der Waals surface area contributed by atoms with Crippen LogP contribution >= 0.6 is 0 Å². The topological polar surface area (TPSA) is 51.6 Å². The molecule has 0 amide bonds. The third-order valence-electron chi connectivity index (χ3n) is 7.89. The minimum Gasteiger partial charge on any atom is -0.265 e. The number of aromatic nitrogens is 4. The van der Waals surface area contributed by atoms with E-state index >= 15 is 0 Å². The second-order valence-electron chi connectivity index (χ2n) is 12.1. The molecule has 2 heterocycles. The van der Waals surface area contributed by atoms with E-state index in [2.05, 4.69) is 79.2 Å². The first-order valence-corrected chi connectivity index (χ1v) is 18.6. The number of rotatable bonds is 7. The fourth-order valence-corrected chi connectivity index (χ4v) is 6.53. The summed E-state index contributed by atoms with van der Waals surface area (Å²) in [4.78, 5) is 18.5. The standard InChI is InChI=1S/C41H34N4Si/c1-46(2,3)38-20-18-31(19-21-38)40-43-39(30-10-5-4-6-11-30)44-41(45-40)37-17-9-16-36(28-37)35-15-8-14-34(27-35)33-13-7-12-32(26-33)29-22-24-42-25-23-29/h4-28H,1-3H3/i4D,5D,6D,10D,11D. The summed E-state index contributed by atoms with van der Waals surface area (Å²) in [6, 6.07) is 34.7. The number of pyridine rings is 1. The Hall–Kier alpha value is -5.52. The van der Waals surface area contributed by atoms with Crippen molar-refractivity contribution in [3.8, 4) is 67.5 Å². The Labute approximate surface area is 278 Å². The van der Waals surface area contributed by atoms with Crippen LogP contribution in [0.25, 0.3) is 67.5 Å². The minimum atomic E-state index is -1.56. The Kier molecular flexibility index (Phi) is 6.45. The van der Waals surface area contributed by atoms with Crippen LogP contribution in [0.1, 0.15) is 6.85 Å². The SMILES string of the molecule is [2H]c1c([2H])c([2H])c(-c2nc(-c3ccc([Si](C)(C)C)cc3)nc(-c3cccc(-c4cccc(-c5cccc(-c6ccncc6)c5)c4)c3)n2)c([2H])c1[2H]. The lowest BCUT2D eigenvalue weighted by Gasteiger charge is -2.16. The van der Waals surface area contributed by atoms with Gasteiger partial charge in [0.1, 0.15) is 0 Å². The molecule has 2 aromatic heterocycles. The van der Waals surface area contributed by atoms with Crippen LogP contribution in [-0.2, 0) is 0 Å². The highest BCUT2D eigenvalue weighted by Gasteiger charge is 2.17. The maximum atomic E-state index is 8.65. The highest BCUT2D eigenvalue weighted by Crippen LogP contribution is 2.32. The van der Waals surface area contributed by atoms with Gasteiger partial charge in [-0.15, -0.1) is 0 Å². The Balaban J connectivity index is 1.33. The van der Waals surface area contributed by atoms with E-state index in [-0.39, 0.29) is 23.5 Å². The molecule has 7 rings (SSSR count). The zero-order chi connectivity index (χ0) is 35.9. The van der Waals surface area contributed by atoms with Crippen LogP contribution in [0.2, 0.25) is 19.6 Å². The van der Waals surface area contributed by atoms with E-state index in [1.165, 1.54) is 5.19 Å². The Morgan fingerprint density at radius 1 is 0.435 bits per heavy atom. The predicted molar refractivity (Wildman–Crippen MR) is 193 cm³/mol. The third kappa shape index (κ3) is 6.32. The van der Waals surface area contributed by atoms with Crippen LogP contribution in [0, 0.1) is 0 Å². The van der Waals surface area contributed by atoms with Gasteiger partial charge in [-0.1, -0.05) is 134 Å². The first-order valence-electron chi connectivity index (χ1n) is 17.6. The van der Waals surface area contributed by atoms with Crippen molar-refractivity contribution in [3.05, 3.63) is 152 Å². The predicted octanol–water partition coefficient (Wildman–Crippen LogP) is 9.81. The van der Waals surface area contributed by atoms with Crippen LogP contribution in [0.4, 0.5) is 0 Å². The van der Waals surface area contributed by atoms with Crippen LogP contribution in [-0.4, -0.2) is 28.0 Å². The molecule has 222 valence electrons. The molecule has 0 unspecified atom stereocenters. The van der Waals surface area contributed by atoms with Crippen molar-refractivity contribution in [2.24, 2.45) is 0 Å². The maximum Gasteiger partial charge on any atom is 0.164 e. The Morgan fingerprint density at radius 2 is 0.870 bits per heavy atom. The molecular formula is C41H34N4Si. The average molecular weight is 616 g/mol. The third-order valence-corrected chi connectivity index (χ3v) is 9.96. The summed E-state index contributed by atoms with van der Waals surface area (Å²) in [6.45, 7) is 6.84. The second-order valence-corrected chi connectivity index (χ2v) is 17.2. The van der Waals surface area contributed by atoms with Gasteiger partial charge in [0.25, 0.3) is 0 Å². The van der Waals surface area contributed by atoms with Crippen molar-refractivity contribution >= 4 is 13.3 Å². The average Bonchev–Trinajstić information content (AvgIpc) is 3.16. The lowest BCUT2D eigenvalue weighted by atomic mass is 9.96. The van der Waals surface area contributed by atoms with Gasteiger partial charge in [0.2, 0.25) is 0 Å². The minimum absolute atomic E-state index is 0.0164. The number of hydrogen-bond donors (Lipinski definition) is 0. The van der Waals surface area contributed by atoms with E-state index in [0.29, 0.717) is 17.2 Å². The molecule has 0 aliphatic rings. The van der Waals surface area contributed by atoms with Crippen LogP contribution in [0.3, 0.4) is 0 Å². The zero-order valence-corrected chi connectivity index (χ0v) is 26.8. The first kappa shape index (κ1) is 23.8. The molecule has 0 fully saturated rings. The number of hydrogen-bond acceptors (Lipinski definition) is 4. The largest absolute Gasteiger partial charge is 0.265 e. The molecule has 5 heteroatoms. The van der Waals surface area contributed by atoms with Gasteiger partial charge in [0.15, 0.2) is 17.5 Å². The molecule has 5 aromatic carbocycles. The molecule has 7 aromatic rings. The summed E-state index contributed by atoms with van der Waals surface area (Å²) in [6.07, 6.45) is 3.59. The summed E-state index contributed by atoms with van der Waals surface area (Å²) in [5.74, 6) is 0.701. The van der Waals surface area contributed by atoms with Crippen molar-refractivity contribution in [1.29, 1.82) is 0 Å². The van der Waals surface area contributed by atoms with Crippen molar-refractivity contribution in [2.45, 2.75) is 19.6 Å². The van der Waals surface area contributed by atoms with E-state index in [1.54, 1.807) is 12.4 Å². The second kappa shape index (κ2) is 12.5. The molecular weight excluding hydrogens is 577 g/mol. The quantitative estimate of drug-likeness (QED) is 0.168. The van der Waals surface area contributed by atoms with E-state index in [4.69, 9.17) is 21.8 Å². The molecule has 0 N–H and O–H groups in total. The molecule has 0 atom stereocenters. The zero-order valence-electron chi connectivity index (χ0n) is 30.8. The van der Waals surface area contributed by atoms with Gasteiger partial charge in [0.05, 0.1) is 14.9 Å². The molecule has 0 spiro atoms. The molecule has 4 nitrogen and oxygen atoms in total. The van der Waals surface area contributed by atoms with E-state index in [9.17, 15) is 0 Å². The van der Waals surface area contributed by atoms with E-state index in [1.807, 2.05) is 54.6 Å². The lowest BCUT2D eigenvalue weighted by Crippen LogP contribution is -2.37. The van der Waals surface area contributed by atoms with Crippen molar-refractivity contribution in [3.63, 3.8) is 0 Å². The number of nitrogens with zero attached hydrogens (tertiary/aromatic N) is 4. The summed E-state index contributed by atoms with van der Waals surface area (Å²) in [5, 5.41) is 1.28. The van der Waals surface area contributed by atoms with Crippen molar-refractivity contribution in [2.75, 3.05) is 0 Å². The highest BCUT2D eigenvalue weighted by molar-refractivity contribution is 6.88. The summed E-state index contributed by atoms with van der Waals surface area (Å²) in [7, 11) is -1.56. The van der Waals surface area contributed by atoms with E-state index in [0.717, 1.165) is 38.9 Å². The summed E-state index contributed by atoms with van der Waals surface area (Å²) >= 11 is 0. The molecule has 0 aliphatic carbocycles. The first-order chi connectivity index (χ1) is 24.5. The molecule has 0 radical (unpaired) electrons. The number of benzene rings is 5. The molecule has 46 heavy (non-hydrogen) atoms. The maximum absolute atomic E-state index is 8.65. The lowest BCUT2D eigenvalue weighted by molar-refractivity contribution is 1.07. The Morgan fingerprint density at radius 3 is 1.39 bits per heavy atom. The fourth-order valence-electron chi connectivity index (χ4n) is 5.37. The molecule has 0 bridgehead atoms. The molecule has 0 saturated carbocycles. The van der Waals surface area contributed by atoms with Gasteiger partial charge in [-0.3, -0.25) is 4.98 Å². The molecule has 0 aliphatic heterocycles. The van der Waals surface area contributed by atoms with Crippen LogP contribution in [0.5, 0.6) is 0 Å². The van der Waals surface area contributed by atoms with Gasteiger partial charge < -0.3 is 0 Å². The van der Waals surface area contributed by atoms with Crippen molar-refractivity contribution < 1.29 is 6.85 Å². The normalized spacial score (nSPS) is 12.9. The summed E-state index contributed by atoms with van der Waals surface area (Å²) < 4.78 is 42.0. The smallest absolute Gasteiger partial charge is 0.164 e. The van der Waals surface area contributed by atoms with Gasteiger partial charge in [-0.25, -0.2) is 15.0 Å². The van der Waals surface area contributed by atoms with Gasteiger partial charge in [-0.2, -0.15) is 0 Å². The monoisotopic (exact) mass is 615 g/mol. The molecule has 0 saturated heterocycles. The Bertz CT molecular complexity index is 2380. The van der Waals surface area contributed by atoms with Crippen LogP contribution in [0.15, 0.2) is 152 Å². The highest BCUT2D eigenvalue weighted by atomic mass is 28.3.